The first kappa shape index (κ1) is 19.2. The van der Waals surface area contributed by atoms with Crippen molar-refractivity contribution in [2.45, 2.75) is 25.8 Å². The lowest BCUT2D eigenvalue weighted by atomic mass is 10.2. The number of benzene rings is 3. The number of methoxy groups -OCH3 is 1. The molecule has 141 valence electrons. The van der Waals surface area contributed by atoms with Gasteiger partial charge in [0.15, 0.2) is 5.82 Å². The van der Waals surface area contributed by atoms with Gasteiger partial charge >= 0.3 is 0 Å². The molecule has 3 aromatic carbocycles. The summed E-state index contributed by atoms with van der Waals surface area (Å²) in [6, 6.07) is 25.2. The molecule has 0 amide bonds. The largest absolute Gasteiger partial charge is 0.681 e. The number of rotatable bonds is 5. The Balaban J connectivity index is 2.24. The van der Waals surface area contributed by atoms with E-state index in [1.807, 2.05) is 36.4 Å². The second-order valence-corrected chi connectivity index (χ2v) is 11.8. The van der Waals surface area contributed by atoms with Gasteiger partial charge in [-0.2, -0.15) is 0 Å². The van der Waals surface area contributed by atoms with Crippen molar-refractivity contribution in [3.05, 3.63) is 84.7 Å². The lowest BCUT2D eigenvalue weighted by Crippen LogP contribution is -2.68. The molecule has 0 atom stereocenters. The van der Waals surface area contributed by atoms with Crippen molar-refractivity contribution >= 4 is 18.7 Å². The van der Waals surface area contributed by atoms with Crippen LogP contribution in [0.1, 0.15) is 20.8 Å². The molecule has 0 bridgehead atoms. The number of hydrogen-bond acceptors (Lipinski definition) is 2. The van der Waals surface area contributed by atoms with Crippen LogP contribution >= 0.6 is 0 Å². The van der Waals surface area contributed by atoms with Gasteiger partial charge in [-0.3, -0.25) is 0 Å². The van der Waals surface area contributed by atoms with Crippen molar-refractivity contribution in [3.63, 3.8) is 0 Å². The highest BCUT2D eigenvalue weighted by Gasteiger charge is 2.39. The Labute approximate surface area is 161 Å². The van der Waals surface area contributed by atoms with E-state index in [0.29, 0.717) is 5.75 Å². The lowest BCUT2D eigenvalue weighted by Gasteiger charge is -2.55. The minimum Gasteiger partial charge on any atom is -0.681 e. The zero-order chi connectivity index (χ0) is 19.5. The van der Waals surface area contributed by atoms with Crippen molar-refractivity contribution in [2.75, 3.05) is 7.11 Å². The summed E-state index contributed by atoms with van der Waals surface area (Å²) < 4.78 is 26.6. The average molecular weight is 381 g/mol. The molecule has 0 unspecified atom stereocenters. The Morgan fingerprint density at radius 1 is 0.778 bits per heavy atom. The smallest absolute Gasteiger partial charge is 0.164 e. The van der Waals surface area contributed by atoms with E-state index < -0.39 is 14.1 Å². The van der Waals surface area contributed by atoms with Gasteiger partial charge in [0.2, 0.25) is 0 Å². The van der Waals surface area contributed by atoms with Gasteiger partial charge in [0.05, 0.1) is 7.11 Å². The Kier molecular flexibility index (Phi) is 5.37. The van der Waals surface area contributed by atoms with E-state index in [9.17, 15) is 4.39 Å². The molecule has 0 N–H and O–H groups in total. The summed E-state index contributed by atoms with van der Waals surface area (Å²) >= 11 is 0. The predicted octanol–water partition coefficient (Wildman–Crippen LogP) is 4.77. The van der Waals surface area contributed by atoms with Crippen LogP contribution in [0.2, 0.25) is 5.04 Å². The van der Waals surface area contributed by atoms with Gasteiger partial charge in [0.1, 0.15) is 19.8 Å². The molecule has 3 aromatic rings. The molecule has 4 heteroatoms. The van der Waals surface area contributed by atoms with Crippen molar-refractivity contribution < 1.29 is 13.6 Å². The maximum Gasteiger partial charge on any atom is 0.164 e. The Morgan fingerprint density at radius 2 is 1.30 bits per heavy atom. The Hall–Kier alpha value is -2.59. The summed E-state index contributed by atoms with van der Waals surface area (Å²) in [6.45, 7) is 6.50. The molecule has 2 nitrogen and oxygen atoms in total. The standard InChI is InChI=1S/C23H25FO2Si/c1-23(2,3)27(19-11-7-5-8-12-19,20-13-9-6-10-14-20)26-22-16-15-18(25-4)17-21(22)24/h5-17H,1-4H3/q-1. The second-order valence-electron chi connectivity index (χ2n) is 7.56. The fourth-order valence-corrected chi connectivity index (χ4v) is 7.93. The maximum absolute atomic E-state index is 14.8. The molecule has 3 rings (SSSR count). The van der Waals surface area contributed by atoms with Crippen LogP contribution in [0.4, 0.5) is 4.39 Å². The molecule has 0 aliphatic rings. The van der Waals surface area contributed by atoms with Gasteiger partial charge in [-0.25, -0.2) is 4.39 Å². The number of ether oxygens (including phenoxy) is 1. The van der Waals surface area contributed by atoms with Gasteiger partial charge in [-0.05, 0) is 12.1 Å². The van der Waals surface area contributed by atoms with Gasteiger partial charge in [0.25, 0.3) is 0 Å². The summed E-state index contributed by atoms with van der Waals surface area (Å²) in [4.78, 5) is 0. The monoisotopic (exact) mass is 380 g/mol. The zero-order valence-electron chi connectivity index (χ0n) is 16.2. The quantitative estimate of drug-likeness (QED) is 0.594. The fraction of sp³-hybridized carbons (Fsp3) is 0.217. The number of halogens is 1. The molecule has 0 radical (unpaired) electrons. The van der Waals surface area contributed by atoms with E-state index >= 15 is 0 Å². The van der Waals surface area contributed by atoms with E-state index in [-0.39, 0.29) is 10.8 Å². The predicted molar refractivity (Wildman–Crippen MR) is 111 cm³/mol. The van der Waals surface area contributed by atoms with Crippen LogP contribution in [0.3, 0.4) is 0 Å². The number of hydrogen-bond donors (Lipinski definition) is 0. The van der Waals surface area contributed by atoms with E-state index in [2.05, 4.69) is 45.0 Å². The van der Waals surface area contributed by atoms with Crippen LogP contribution < -0.4 is 19.5 Å². The molecule has 0 aliphatic heterocycles. The maximum atomic E-state index is 14.8. The van der Waals surface area contributed by atoms with Crippen molar-refractivity contribution in [2.24, 2.45) is 0 Å². The van der Waals surface area contributed by atoms with Crippen molar-refractivity contribution in [1.82, 2.24) is 0 Å². The van der Waals surface area contributed by atoms with Crippen LogP contribution in [0.15, 0.2) is 78.9 Å². The van der Waals surface area contributed by atoms with E-state index in [1.54, 1.807) is 12.1 Å². The zero-order valence-corrected chi connectivity index (χ0v) is 17.2. The topological polar surface area (TPSA) is 18.5 Å². The minimum absolute atomic E-state index is 0.220. The third-order valence-corrected chi connectivity index (χ3v) is 9.75. The van der Waals surface area contributed by atoms with Crippen molar-refractivity contribution in [3.8, 4) is 11.5 Å². The molecule has 0 fully saturated rings. The molecule has 27 heavy (non-hydrogen) atoms. The Morgan fingerprint density at radius 3 is 1.70 bits per heavy atom. The highest BCUT2D eigenvalue weighted by atomic mass is 28.4. The summed E-state index contributed by atoms with van der Waals surface area (Å²) in [5.41, 5.74) is 0. The molecule has 0 spiro atoms. The molecular weight excluding hydrogens is 355 g/mol. The molecule has 0 heterocycles. The highest BCUT2D eigenvalue weighted by Crippen LogP contribution is 2.38. The van der Waals surface area contributed by atoms with Crippen LogP contribution in [-0.2, 0) is 0 Å². The average Bonchev–Trinajstić information content (AvgIpc) is 2.67. The van der Waals surface area contributed by atoms with Crippen LogP contribution in [-0.4, -0.2) is 15.4 Å². The molecule has 0 saturated heterocycles. The molecular formula is C23H25FO2Si-. The third kappa shape index (κ3) is 3.62. The fourth-order valence-electron chi connectivity index (χ4n) is 3.51. The van der Waals surface area contributed by atoms with Crippen molar-refractivity contribution in [1.29, 1.82) is 0 Å². The summed E-state index contributed by atoms with van der Waals surface area (Å²) in [5, 5.41) is 2.00. The van der Waals surface area contributed by atoms with E-state index in [0.717, 1.165) is 10.4 Å². The van der Waals surface area contributed by atoms with Gasteiger partial charge in [-0.1, -0.05) is 81.4 Å². The summed E-state index contributed by atoms with van der Waals surface area (Å²) in [7, 11) is -1.30. The van der Waals surface area contributed by atoms with Gasteiger partial charge in [0, 0.05) is 6.07 Å². The van der Waals surface area contributed by atoms with Crippen LogP contribution in [0.25, 0.3) is 0 Å². The lowest BCUT2D eigenvalue weighted by molar-refractivity contribution is 0.406. The highest BCUT2D eigenvalue weighted by molar-refractivity contribution is 7.00. The Bertz CT molecular complexity index is 850. The molecule has 0 aromatic heterocycles. The first-order chi connectivity index (χ1) is 12.9. The van der Waals surface area contributed by atoms with Crippen LogP contribution in [0, 0.1) is 5.82 Å². The first-order valence-electron chi connectivity index (χ1n) is 9.02. The minimum atomic E-state index is -2.83. The first-order valence-corrected chi connectivity index (χ1v) is 10.9. The van der Waals surface area contributed by atoms with Gasteiger partial charge in [-0.15, -0.1) is 15.4 Å². The summed E-state index contributed by atoms with van der Waals surface area (Å²) in [6.07, 6.45) is 0. The van der Waals surface area contributed by atoms with Gasteiger partial charge < -0.3 is 9.16 Å². The third-order valence-electron chi connectivity index (χ3n) is 4.82. The van der Waals surface area contributed by atoms with E-state index in [4.69, 9.17) is 9.16 Å². The van der Waals surface area contributed by atoms with E-state index in [1.165, 1.54) is 13.2 Å². The normalized spacial score (nSPS) is 11.9. The molecule has 0 saturated carbocycles. The SMILES string of the molecule is COc1ccc(O[Si-](c2ccccc2)(c2ccccc2)C(C)(C)C)c(F)c1. The second kappa shape index (κ2) is 7.57. The summed E-state index contributed by atoms with van der Waals surface area (Å²) in [5.74, 6) is 0.315. The van der Waals surface area contributed by atoms with Crippen LogP contribution in [0.5, 0.6) is 11.5 Å². The molecule has 0 aliphatic carbocycles.